The Balaban J connectivity index is 2.32. The lowest BCUT2D eigenvalue weighted by Gasteiger charge is -2.09. The highest BCUT2D eigenvalue weighted by Crippen LogP contribution is 2.16. The van der Waals surface area contributed by atoms with E-state index in [1.165, 1.54) is 0 Å². The summed E-state index contributed by atoms with van der Waals surface area (Å²) >= 11 is 0. The van der Waals surface area contributed by atoms with Gasteiger partial charge in [0.25, 0.3) is 5.91 Å². The number of carbonyl (C=O) groups is 1. The third kappa shape index (κ3) is 4.73. The number of para-hydroxylation sites is 1. The van der Waals surface area contributed by atoms with Crippen LogP contribution in [0, 0.1) is 0 Å². The fourth-order valence-corrected chi connectivity index (χ4v) is 1.49. The summed E-state index contributed by atoms with van der Waals surface area (Å²) in [5.74, 6) is 0.461. The lowest BCUT2D eigenvalue weighted by Crippen LogP contribution is -2.33. The molecule has 0 aliphatic carbocycles. The molecule has 0 radical (unpaired) electrons. The summed E-state index contributed by atoms with van der Waals surface area (Å²) < 4.78 is 10.0. The van der Waals surface area contributed by atoms with Crippen molar-refractivity contribution in [2.75, 3.05) is 40.5 Å². The molecule has 0 bridgehead atoms. The third-order valence-corrected chi connectivity index (χ3v) is 2.42. The Bertz CT molecular complexity index is 369. The van der Waals surface area contributed by atoms with E-state index in [0.29, 0.717) is 31.0 Å². The Labute approximate surface area is 107 Å². The molecule has 1 rings (SSSR count). The maximum absolute atomic E-state index is 11.9. The van der Waals surface area contributed by atoms with Crippen LogP contribution in [0.1, 0.15) is 10.4 Å². The molecular formula is C13H20N2O3. The van der Waals surface area contributed by atoms with E-state index in [4.69, 9.17) is 9.47 Å². The number of amides is 1. The quantitative estimate of drug-likeness (QED) is 0.667. The van der Waals surface area contributed by atoms with Gasteiger partial charge in [-0.2, -0.15) is 0 Å². The van der Waals surface area contributed by atoms with Crippen LogP contribution in [-0.2, 0) is 4.74 Å². The maximum atomic E-state index is 11.9. The monoisotopic (exact) mass is 252 g/mol. The van der Waals surface area contributed by atoms with Crippen LogP contribution < -0.4 is 15.4 Å². The van der Waals surface area contributed by atoms with Crippen molar-refractivity contribution in [2.24, 2.45) is 0 Å². The van der Waals surface area contributed by atoms with Gasteiger partial charge in [0.1, 0.15) is 5.75 Å². The molecule has 0 spiro atoms. The van der Waals surface area contributed by atoms with Gasteiger partial charge in [-0.1, -0.05) is 12.1 Å². The molecule has 0 atom stereocenters. The van der Waals surface area contributed by atoms with Gasteiger partial charge in [0.05, 0.1) is 19.3 Å². The SMILES string of the molecule is COCCNCCNC(=O)c1ccccc1OC. The summed E-state index contributed by atoms with van der Waals surface area (Å²) in [6.45, 7) is 2.73. The number of benzene rings is 1. The average molecular weight is 252 g/mol. The molecule has 0 heterocycles. The van der Waals surface area contributed by atoms with Gasteiger partial charge in [0, 0.05) is 26.7 Å². The normalized spacial score (nSPS) is 10.1. The summed E-state index contributed by atoms with van der Waals surface area (Å²) in [4.78, 5) is 11.9. The maximum Gasteiger partial charge on any atom is 0.255 e. The van der Waals surface area contributed by atoms with Crippen molar-refractivity contribution in [1.29, 1.82) is 0 Å². The number of rotatable bonds is 8. The molecular weight excluding hydrogens is 232 g/mol. The van der Waals surface area contributed by atoms with Crippen molar-refractivity contribution in [1.82, 2.24) is 10.6 Å². The molecule has 2 N–H and O–H groups in total. The van der Waals surface area contributed by atoms with E-state index in [-0.39, 0.29) is 5.91 Å². The van der Waals surface area contributed by atoms with Crippen LogP contribution in [0.4, 0.5) is 0 Å². The first-order chi connectivity index (χ1) is 8.79. The van der Waals surface area contributed by atoms with Crippen molar-refractivity contribution >= 4 is 5.91 Å². The van der Waals surface area contributed by atoms with E-state index in [1.54, 1.807) is 26.4 Å². The molecule has 18 heavy (non-hydrogen) atoms. The molecule has 5 nitrogen and oxygen atoms in total. The van der Waals surface area contributed by atoms with Crippen LogP contribution >= 0.6 is 0 Å². The molecule has 0 saturated heterocycles. The van der Waals surface area contributed by atoms with Crippen molar-refractivity contribution in [3.63, 3.8) is 0 Å². The summed E-state index contributed by atoms with van der Waals surface area (Å²) in [6.07, 6.45) is 0. The Morgan fingerprint density at radius 3 is 2.67 bits per heavy atom. The second-order valence-corrected chi connectivity index (χ2v) is 3.70. The fourth-order valence-electron chi connectivity index (χ4n) is 1.49. The highest BCUT2D eigenvalue weighted by atomic mass is 16.5. The van der Waals surface area contributed by atoms with E-state index in [9.17, 15) is 4.79 Å². The fraction of sp³-hybridized carbons (Fsp3) is 0.462. The van der Waals surface area contributed by atoms with Crippen molar-refractivity contribution in [2.45, 2.75) is 0 Å². The average Bonchev–Trinajstić information content (AvgIpc) is 2.42. The van der Waals surface area contributed by atoms with Gasteiger partial charge < -0.3 is 20.1 Å². The zero-order valence-corrected chi connectivity index (χ0v) is 10.9. The number of ether oxygens (including phenoxy) is 2. The zero-order chi connectivity index (χ0) is 13.2. The van der Waals surface area contributed by atoms with E-state index in [1.807, 2.05) is 12.1 Å². The van der Waals surface area contributed by atoms with E-state index >= 15 is 0 Å². The van der Waals surface area contributed by atoms with Gasteiger partial charge in [-0.3, -0.25) is 4.79 Å². The lowest BCUT2D eigenvalue weighted by molar-refractivity contribution is 0.0950. The number of carbonyl (C=O) groups excluding carboxylic acids is 1. The lowest BCUT2D eigenvalue weighted by atomic mass is 10.2. The van der Waals surface area contributed by atoms with Gasteiger partial charge in [-0.15, -0.1) is 0 Å². The molecule has 0 unspecified atom stereocenters. The van der Waals surface area contributed by atoms with E-state index < -0.39 is 0 Å². The number of methoxy groups -OCH3 is 2. The summed E-state index contributed by atoms with van der Waals surface area (Å²) in [5.41, 5.74) is 0.553. The molecule has 0 saturated carbocycles. The van der Waals surface area contributed by atoms with Gasteiger partial charge in [0.15, 0.2) is 0 Å². The predicted octanol–water partition coefficient (Wildman–Crippen LogP) is 0.661. The van der Waals surface area contributed by atoms with Crippen LogP contribution in [0.25, 0.3) is 0 Å². The molecule has 0 aromatic heterocycles. The minimum absolute atomic E-state index is 0.124. The largest absolute Gasteiger partial charge is 0.496 e. The van der Waals surface area contributed by atoms with Crippen LogP contribution in [0.3, 0.4) is 0 Å². The number of nitrogens with one attached hydrogen (secondary N) is 2. The van der Waals surface area contributed by atoms with Crippen LogP contribution in [0.2, 0.25) is 0 Å². The topological polar surface area (TPSA) is 59.6 Å². The third-order valence-electron chi connectivity index (χ3n) is 2.42. The first-order valence-electron chi connectivity index (χ1n) is 5.90. The van der Waals surface area contributed by atoms with Crippen LogP contribution in [0.5, 0.6) is 5.75 Å². The number of hydrogen-bond donors (Lipinski definition) is 2. The summed E-state index contributed by atoms with van der Waals surface area (Å²) in [7, 11) is 3.21. The second kappa shape index (κ2) is 8.49. The Morgan fingerprint density at radius 2 is 1.94 bits per heavy atom. The number of hydrogen-bond acceptors (Lipinski definition) is 4. The second-order valence-electron chi connectivity index (χ2n) is 3.70. The van der Waals surface area contributed by atoms with Crippen molar-refractivity contribution in [3.05, 3.63) is 29.8 Å². The molecule has 1 aromatic rings. The van der Waals surface area contributed by atoms with Crippen molar-refractivity contribution in [3.8, 4) is 5.75 Å². The predicted molar refractivity (Wildman–Crippen MR) is 70.1 cm³/mol. The van der Waals surface area contributed by atoms with E-state index in [2.05, 4.69) is 10.6 Å². The molecule has 0 aliphatic heterocycles. The first-order valence-corrected chi connectivity index (χ1v) is 5.90. The standard InChI is InChI=1S/C13H20N2O3/c1-17-10-9-14-7-8-15-13(16)11-5-3-4-6-12(11)18-2/h3-6,14H,7-10H2,1-2H3,(H,15,16). The van der Waals surface area contributed by atoms with Crippen LogP contribution in [0.15, 0.2) is 24.3 Å². The molecule has 1 amide bonds. The molecule has 5 heteroatoms. The molecule has 1 aromatic carbocycles. The summed E-state index contributed by atoms with van der Waals surface area (Å²) in [6, 6.07) is 7.16. The minimum atomic E-state index is -0.124. The van der Waals surface area contributed by atoms with Gasteiger partial charge in [-0.25, -0.2) is 0 Å². The molecule has 0 aliphatic rings. The van der Waals surface area contributed by atoms with Gasteiger partial charge in [-0.05, 0) is 12.1 Å². The van der Waals surface area contributed by atoms with Crippen LogP contribution in [-0.4, -0.2) is 46.4 Å². The Morgan fingerprint density at radius 1 is 1.17 bits per heavy atom. The minimum Gasteiger partial charge on any atom is -0.496 e. The van der Waals surface area contributed by atoms with E-state index in [0.717, 1.165) is 6.54 Å². The Kier molecular flexibility index (Phi) is 6.83. The smallest absolute Gasteiger partial charge is 0.255 e. The summed E-state index contributed by atoms with van der Waals surface area (Å²) in [5, 5.41) is 5.98. The molecule has 100 valence electrons. The van der Waals surface area contributed by atoms with Crippen molar-refractivity contribution < 1.29 is 14.3 Å². The highest BCUT2D eigenvalue weighted by molar-refractivity contribution is 5.96. The molecule has 0 fully saturated rings. The highest BCUT2D eigenvalue weighted by Gasteiger charge is 2.09. The first kappa shape index (κ1) is 14.5. The van der Waals surface area contributed by atoms with Gasteiger partial charge in [0.2, 0.25) is 0 Å². The zero-order valence-electron chi connectivity index (χ0n) is 10.9. The van der Waals surface area contributed by atoms with Gasteiger partial charge >= 0.3 is 0 Å². The Hall–Kier alpha value is -1.59.